The summed E-state index contributed by atoms with van der Waals surface area (Å²) in [7, 11) is 0. The van der Waals surface area contributed by atoms with E-state index in [1.54, 1.807) is 19.1 Å². The molecular weight excluding hydrogens is 257 g/mol. The molecule has 0 spiro atoms. The Labute approximate surface area is 120 Å². The lowest BCUT2D eigenvalue weighted by atomic mass is 9.93. The zero-order chi connectivity index (χ0) is 14.5. The Hall–Kier alpha value is -1.13. The topological polar surface area (TPSA) is 43.7 Å². The van der Waals surface area contributed by atoms with E-state index in [0.29, 0.717) is 23.8 Å². The minimum Gasteiger partial charge on any atom is -0.395 e. The van der Waals surface area contributed by atoms with E-state index in [9.17, 15) is 14.6 Å². The van der Waals surface area contributed by atoms with Gasteiger partial charge in [-0.05, 0) is 37.5 Å². The Bertz CT molecular complexity index is 430. The second-order valence-electron chi connectivity index (χ2n) is 5.60. The SMILES string of the molecule is C[C@@H](O)c1ccc(N(CCO)C2CCCCC2)c(F)c1. The van der Waals surface area contributed by atoms with Crippen LogP contribution in [0, 0.1) is 5.82 Å². The van der Waals surface area contributed by atoms with E-state index in [2.05, 4.69) is 0 Å². The van der Waals surface area contributed by atoms with Crippen LogP contribution in [0.4, 0.5) is 10.1 Å². The molecule has 0 aromatic heterocycles. The first-order valence-corrected chi connectivity index (χ1v) is 7.48. The van der Waals surface area contributed by atoms with E-state index >= 15 is 0 Å². The van der Waals surface area contributed by atoms with Crippen molar-refractivity contribution in [1.82, 2.24) is 0 Å². The maximum absolute atomic E-state index is 14.3. The average Bonchev–Trinajstić information content (AvgIpc) is 2.46. The molecule has 20 heavy (non-hydrogen) atoms. The van der Waals surface area contributed by atoms with Gasteiger partial charge in [0.25, 0.3) is 0 Å². The number of benzene rings is 1. The summed E-state index contributed by atoms with van der Waals surface area (Å²) in [6.45, 7) is 2.10. The summed E-state index contributed by atoms with van der Waals surface area (Å²) < 4.78 is 14.3. The number of anilines is 1. The van der Waals surface area contributed by atoms with Crippen molar-refractivity contribution < 1.29 is 14.6 Å². The van der Waals surface area contributed by atoms with Gasteiger partial charge in [-0.1, -0.05) is 25.3 Å². The van der Waals surface area contributed by atoms with E-state index in [1.807, 2.05) is 4.90 Å². The fraction of sp³-hybridized carbons (Fsp3) is 0.625. The van der Waals surface area contributed by atoms with Crippen LogP contribution >= 0.6 is 0 Å². The molecule has 1 atom stereocenters. The molecule has 0 radical (unpaired) electrons. The van der Waals surface area contributed by atoms with Gasteiger partial charge < -0.3 is 15.1 Å². The minimum absolute atomic E-state index is 0.0219. The van der Waals surface area contributed by atoms with Crippen molar-refractivity contribution in [1.29, 1.82) is 0 Å². The molecule has 2 rings (SSSR count). The molecule has 0 aliphatic heterocycles. The average molecular weight is 281 g/mol. The number of rotatable bonds is 5. The standard InChI is InChI=1S/C16H24FNO2/c1-12(20)13-7-8-16(15(17)11-13)18(9-10-19)14-5-3-2-4-6-14/h7-8,11-12,14,19-20H,2-6,9-10H2,1H3/t12-/m1/s1. The fourth-order valence-electron chi connectivity index (χ4n) is 3.02. The van der Waals surface area contributed by atoms with Gasteiger partial charge in [-0.3, -0.25) is 0 Å². The lowest BCUT2D eigenvalue weighted by Gasteiger charge is -2.36. The summed E-state index contributed by atoms with van der Waals surface area (Å²) in [5, 5.41) is 18.8. The molecule has 1 aromatic rings. The molecule has 3 nitrogen and oxygen atoms in total. The highest BCUT2D eigenvalue weighted by molar-refractivity contribution is 5.50. The van der Waals surface area contributed by atoms with Gasteiger partial charge in [0, 0.05) is 12.6 Å². The third-order valence-electron chi connectivity index (χ3n) is 4.12. The van der Waals surface area contributed by atoms with Gasteiger partial charge in [-0.25, -0.2) is 4.39 Å². The van der Waals surface area contributed by atoms with Gasteiger partial charge in [-0.2, -0.15) is 0 Å². The molecule has 0 saturated heterocycles. The summed E-state index contributed by atoms with van der Waals surface area (Å²) >= 11 is 0. The van der Waals surface area contributed by atoms with Gasteiger partial charge in [0.15, 0.2) is 0 Å². The highest BCUT2D eigenvalue weighted by Gasteiger charge is 2.23. The second-order valence-corrected chi connectivity index (χ2v) is 5.60. The molecular formula is C16H24FNO2. The summed E-state index contributed by atoms with van der Waals surface area (Å²) in [5.41, 5.74) is 1.12. The van der Waals surface area contributed by atoms with Crippen LogP contribution in [-0.4, -0.2) is 29.4 Å². The molecule has 112 valence electrons. The Kier molecular flexibility index (Phi) is 5.38. The molecule has 0 bridgehead atoms. The van der Waals surface area contributed by atoms with Gasteiger partial charge in [0.2, 0.25) is 0 Å². The normalized spacial score (nSPS) is 18.0. The summed E-state index contributed by atoms with van der Waals surface area (Å²) in [6, 6.07) is 5.19. The molecule has 1 saturated carbocycles. The zero-order valence-electron chi connectivity index (χ0n) is 12.1. The van der Waals surface area contributed by atoms with Crippen LogP contribution in [0.5, 0.6) is 0 Å². The van der Waals surface area contributed by atoms with Crippen molar-refractivity contribution in [3.05, 3.63) is 29.6 Å². The summed E-state index contributed by atoms with van der Waals surface area (Å²) in [6.07, 6.45) is 5.02. The third kappa shape index (κ3) is 3.49. The number of aliphatic hydroxyl groups is 2. The number of halogens is 1. The predicted octanol–water partition coefficient (Wildman–Crippen LogP) is 3.01. The number of hydrogen-bond donors (Lipinski definition) is 2. The van der Waals surface area contributed by atoms with Crippen molar-refractivity contribution in [3.63, 3.8) is 0 Å². The molecule has 1 fully saturated rings. The third-order valence-corrected chi connectivity index (χ3v) is 4.12. The molecule has 4 heteroatoms. The van der Waals surface area contributed by atoms with Gasteiger partial charge in [0.1, 0.15) is 5.82 Å². The molecule has 0 heterocycles. The van der Waals surface area contributed by atoms with Crippen molar-refractivity contribution >= 4 is 5.69 Å². The van der Waals surface area contributed by atoms with E-state index in [4.69, 9.17) is 0 Å². The first-order valence-electron chi connectivity index (χ1n) is 7.48. The summed E-state index contributed by atoms with van der Waals surface area (Å²) in [4.78, 5) is 1.99. The second kappa shape index (κ2) is 7.04. The largest absolute Gasteiger partial charge is 0.395 e. The Morgan fingerprint density at radius 1 is 1.30 bits per heavy atom. The predicted molar refractivity (Wildman–Crippen MR) is 78.3 cm³/mol. The lowest BCUT2D eigenvalue weighted by Crippen LogP contribution is -2.39. The minimum atomic E-state index is -0.667. The number of aliphatic hydroxyl groups excluding tert-OH is 2. The van der Waals surface area contributed by atoms with E-state index in [0.717, 1.165) is 12.8 Å². The van der Waals surface area contributed by atoms with Crippen molar-refractivity contribution in [2.75, 3.05) is 18.1 Å². The van der Waals surface area contributed by atoms with Crippen LogP contribution in [0.2, 0.25) is 0 Å². The number of hydrogen-bond acceptors (Lipinski definition) is 3. The Morgan fingerprint density at radius 3 is 2.55 bits per heavy atom. The maximum atomic E-state index is 14.3. The Balaban J connectivity index is 2.24. The lowest BCUT2D eigenvalue weighted by molar-refractivity contribution is 0.199. The molecule has 0 unspecified atom stereocenters. The van der Waals surface area contributed by atoms with Crippen LogP contribution < -0.4 is 4.90 Å². The molecule has 0 amide bonds. The molecule has 1 aliphatic carbocycles. The van der Waals surface area contributed by atoms with Gasteiger partial charge in [0.05, 0.1) is 18.4 Å². The van der Waals surface area contributed by atoms with E-state index in [-0.39, 0.29) is 12.4 Å². The van der Waals surface area contributed by atoms with Crippen molar-refractivity contribution in [2.45, 2.75) is 51.2 Å². The van der Waals surface area contributed by atoms with E-state index in [1.165, 1.54) is 25.3 Å². The van der Waals surface area contributed by atoms with Crippen LogP contribution in [0.15, 0.2) is 18.2 Å². The molecule has 2 N–H and O–H groups in total. The van der Waals surface area contributed by atoms with Crippen LogP contribution in [0.1, 0.15) is 50.7 Å². The first kappa shape index (κ1) is 15.3. The van der Waals surface area contributed by atoms with Crippen LogP contribution in [-0.2, 0) is 0 Å². The number of nitrogens with zero attached hydrogens (tertiary/aromatic N) is 1. The highest BCUT2D eigenvalue weighted by atomic mass is 19.1. The maximum Gasteiger partial charge on any atom is 0.146 e. The van der Waals surface area contributed by atoms with Gasteiger partial charge in [-0.15, -0.1) is 0 Å². The Morgan fingerprint density at radius 2 is 2.00 bits per heavy atom. The quantitative estimate of drug-likeness (QED) is 0.872. The first-order chi connectivity index (χ1) is 9.63. The van der Waals surface area contributed by atoms with Gasteiger partial charge >= 0.3 is 0 Å². The molecule has 1 aliphatic rings. The molecule has 1 aromatic carbocycles. The zero-order valence-corrected chi connectivity index (χ0v) is 12.1. The van der Waals surface area contributed by atoms with Crippen LogP contribution in [0.3, 0.4) is 0 Å². The van der Waals surface area contributed by atoms with E-state index < -0.39 is 6.10 Å². The van der Waals surface area contributed by atoms with Crippen molar-refractivity contribution in [2.24, 2.45) is 0 Å². The van der Waals surface area contributed by atoms with Crippen LogP contribution in [0.25, 0.3) is 0 Å². The summed E-state index contributed by atoms with van der Waals surface area (Å²) in [5.74, 6) is -0.317. The fourth-order valence-corrected chi connectivity index (χ4v) is 3.02. The monoisotopic (exact) mass is 281 g/mol. The highest BCUT2D eigenvalue weighted by Crippen LogP contribution is 2.30. The smallest absolute Gasteiger partial charge is 0.146 e. The van der Waals surface area contributed by atoms with Crippen molar-refractivity contribution in [3.8, 4) is 0 Å².